The predicted octanol–water partition coefficient (Wildman–Crippen LogP) is 4.36. The monoisotopic (exact) mass is 381 g/mol. The fourth-order valence-electron chi connectivity index (χ4n) is 2.48. The second-order valence-electron chi connectivity index (χ2n) is 5.52. The van der Waals surface area contributed by atoms with Crippen LogP contribution in [-0.2, 0) is 11.3 Å². The van der Waals surface area contributed by atoms with Gasteiger partial charge in [0, 0.05) is 10.3 Å². The van der Waals surface area contributed by atoms with E-state index in [2.05, 4.69) is 33.5 Å². The van der Waals surface area contributed by atoms with Gasteiger partial charge in [-0.2, -0.15) is 0 Å². The topological polar surface area (TPSA) is 68.0 Å². The maximum absolute atomic E-state index is 12.1. The van der Waals surface area contributed by atoms with E-state index in [1.807, 2.05) is 24.3 Å². The molecule has 0 saturated carbocycles. The van der Waals surface area contributed by atoms with Crippen molar-refractivity contribution in [3.63, 3.8) is 0 Å². The summed E-state index contributed by atoms with van der Waals surface area (Å²) >= 11 is 3.05. The molecule has 1 N–H and O–H groups in total. The summed E-state index contributed by atoms with van der Waals surface area (Å²) in [6.07, 6.45) is 3.14. The lowest BCUT2D eigenvalue weighted by molar-refractivity contribution is -0.118. The van der Waals surface area contributed by atoms with E-state index in [0.717, 1.165) is 31.4 Å². The van der Waals surface area contributed by atoms with Gasteiger partial charge in [-0.3, -0.25) is 4.79 Å². The van der Waals surface area contributed by atoms with Crippen molar-refractivity contribution in [1.82, 2.24) is 15.3 Å². The number of nitrogens with one attached hydrogen (secondary N) is 1. The number of benzene rings is 1. The van der Waals surface area contributed by atoms with E-state index in [1.54, 1.807) is 30.0 Å². The molecule has 4 rings (SSSR count). The first-order valence-electron chi connectivity index (χ1n) is 8.01. The molecule has 0 bridgehead atoms. The van der Waals surface area contributed by atoms with Crippen LogP contribution in [0.4, 0.5) is 0 Å². The van der Waals surface area contributed by atoms with E-state index in [4.69, 9.17) is 4.42 Å². The van der Waals surface area contributed by atoms with Crippen molar-refractivity contribution in [2.45, 2.75) is 11.6 Å². The molecule has 3 heterocycles. The normalized spacial score (nSPS) is 10.9. The molecule has 130 valence electrons. The average molecular weight is 381 g/mol. The molecule has 26 heavy (non-hydrogen) atoms. The van der Waals surface area contributed by atoms with E-state index in [-0.39, 0.29) is 5.91 Å². The summed E-state index contributed by atoms with van der Waals surface area (Å²) in [7, 11) is 0. The van der Waals surface area contributed by atoms with E-state index in [1.165, 1.54) is 11.8 Å². The van der Waals surface area contributed by atoms with Crippen LogP contribution in [0.3, 0.4) is 0 Å². The molecular weight excluding hydrogens is 366 g/mol. The molecule has 0 saturated heterocycles. The van der Waals surface area contributed by atoms with Crippen LogP contribution in [0.1, 0.15) is 5.76 Å². The van der Waals surface area contributed by atoms with Crippen molar-refractivity contribution < 1.29 is 9.21 Å². The maximum Gasteiger partial charge on any atom is 0.230 e. The molecule has 0 fully saturated rings. The number of fused-ring (bicyclic) bond motifs is 1. The number of hydrogen-bond donors (Lipinski definition) is 1. The van der Waals surface area contributed by atoms with Crippen LogP contribution in [0.15, 0.2) is 70.6 Å². The van der Waals surface area contributed by atoms with Crippen molar-refractivity contribution in [2.24, 2.45) is 0 Å². The number of thiophene rings is 1. The number of hydrogen-bond acceptors (Lipinski definition) is 6. The molecule has 0 radical (unpaired) electrons. The average Bonchev–Trinajstić information content (AvgIpc) is 3.35. The summed E-state index contributed by atoms with van der Waals surface area (Å²) in [6, 6.07) is 15.9. The van der Waals surface area contributed by atoms with Crippen LogP contribution >= 0.6 is 23.1 Å². The molecule has 7 heteroatoms. The number of carbonyl (C=O) groups is 1. The Morgan fingerprint density at radius 3 is 2.85 bits per heavy atom. The summed E-state index contributed by atoms with van der Waals surface area (Å²) < 4.78 is 5.21. The maximum atomic E-state index is 12.1. The molecule has 5 nitrogen and oxygen atoms in total. The smallest absolute Gasteiger partial charge is 0.230 e. The van der Waals surface area contributed by atoms with Gasteiger partial charge in [-0.25, -0.2) is 9.97 Å². The van der Waals surface area contributed by atoms with Crippen LogP contribution < -0.4 is 5.32 Å². The van der Waals surface area contributed by atoms with Crippen molar-refractivity contribution in [2.75, 3.05) is 5.75 Å². The number of carbonyl (C=O) groups excluding carboxylic acids is 1. The minimum atomic E-state index is -0.0586. The van der Waals surface area contributed by atoms with Crippen molar-refractivity contribution in [3.05, 3.63) is 66.9 Å². The zero-order valence-corrected chi connectivity index (χ0v) is 15.3. The lowest BCUT2D eigenvalue weighted by Crippen LogP contribution is -2.24. The van der Waals surface area contributed by atoms with Gasteiger partial charge in [0.05, 0.1) is 18.6 Å². The Morgan fingerprint density at radius 2 is 2.04 bits per heavy atom. The molecule has 1 aromatic carbocycles. The van der Waals surface area contributed by atoms with Gasteiger partial charge < -0.3 is 9.73 Å². The molecule has 3 aromatic heterocycles. The largest absolute Gasteiger partial charge is 0.467 e. The number of furan rings is 1. The van der Waals surface area contributed by atoms with Crippen molar-refractivity contribution in [1.29, 1.82) is 0 Å². The van der Waals surface area contributed by atoms with Gasteiger partial charge in [-0.15, -0.1) is 11.3 Å². The van der Waals surface area contributed by atoms with Gasteiger partial charge in [0.25, 0.3) is 0 Å². The first kappa shape index (κ1) is 16.8. The molecule has 0 spiro atoms. The number of amides is 1. The molecular formula is C19H15N3O2S2. The highest BCUT2D eigenvalue weighted by molar-refractivity contribution is 8.00. The van der Waals surface area contributed by atoms with Gasteiger partial charge in [0.2, 0.25) is 5.91 Å². The Hall–Kier alpha value is -2.64. The predicted molar refractivity (Wildman–Crippen MR) is 104 cm³/mol. The lowest BCUT2D eigenvalue weighted by atomic mass is 10.2. The Labute approximate surface area is 158 Å². The molecule has 1 amide bonds. The standard InChI is InChI=1S/C19H15N3O2S2/c23-17(20-10-14-7-4-8-24-14)11-25-18-15-9-16(13-5-2-1-3-6-13)26-19(15)22-12-21-18/h1-9,12H,10-11H2,(H,20,23). The van der Waals surface area contributed by atoms with Crippen LogP contribution in [0.2, 0.25) is 0 Å². The number of thioether (sulfide) groups is 1. The molecule has 0 atom stereocenters. The Morgan fingerprint density at radius 1 is 1.15 bits per heavy atom. The second-order valence-corrected chi connectivity index (χ2v) is 7.51. The molecule has 4 aromatic rings. The minimum Gasteiger partial charge on any atom is -0.467 e. The van der Waals surface area contributed by atoms with Crippen LogP contribution in [-0.4, -0.2) is 21.6 Å². The van der Waals surface area contributed by atoms with Gasteiger partial charge in [0.1, 0.15) is 21.9 Å². The first-order valence-corrected chi connectivity index (χ1v) is 9.81. The Balaban J connectivity index is 1.46. The highest BCUT2D eigenvalue weighted by Gasteiger charge is 2.12. The fraction of sp³-hybridized carbons (Fsp3) is 0.105. The van der Waals surface area contributed by atoms with E-state index in [0.29, 0.717) is 12.3 Å². The Bertz CT molecular complexity index is 1010. The van der Waals surface area contributed by atoms with Crippen molar-refractivity contribution >= 4 is 39.2 Å². The summed E-state index contributed by atoms with van der Waals surface area (Å²) in [5.41, 5.74) is 1.16. The van der Waals surface area contributed by atoms with E-state index >= 15 is 0 Å². The van der Waals surface area contributed by atoms with Gasteiger partial charge in [0.15, 0.2) is 0 Å². The molecule has 0 unspecified atom stereocenters. The number of rotatable bonds is 6. The van der Waals surface area contributed by atoms with Crippen molar-refractivity contribution in [3.8, 4) is 10.4 Å². The Kier molecular flexibility index (Phi) is 4.99. The first-order chi connectivity index (χ1) is 12.8. The zero-order chi connectivity index (χ0) is 17.8. The second kappa shape index (κ2) is 7.72. The van der Waals surface area contributed by atoms with E-state index < -0.39 is 0 Å². The lowest BCUT2D eigenvalue weighted by Gasteiger charge is -2.03. The summed E-state index contributed by atoms with van der Waals surface area (Å²) in [4.78, 5) is 22.9. The highest BCUT2D eigenvalue weighted by atomic mass is 32.2. The summed E-state index contributed by atoms with van der Waals surface area (Å²) in [6.45, 7) is 0.391. The van der Waals surface area contributed by atoms with Gasteiger partial charge in [-0.1, -0.05) is 42.1 Å². The number of nitrogens with zero attached hydrogens (tertiary/aromatic N) is 2. The van der Waals surface area contributed by atoms with Crippen LogP contribution in [0, 0.1) is 0 Å². The van der Waals surface area contributed by atoms with Gasteiger partial charge in [-0.05, 0) is 23.8 Å². The molecule has 0 aliphatic carbocycles. The van der Waals surface area contributed by atoms with Crippen LogP contribution in [0.25, 0.3) is 20.7 Å². The van der Waals surface area contributed by atoms with Crippen LogP contribution in [0.5, 0.6) is 0 Å². The third kappa shape index (κ3) is 3.79. The number of aromatic nitrogens is 2. The van der Waals surface area contributed by atoms with Gasteiger partial charge >= 0.3 is 0 Å². The molecule has 0 aliphatic rings. The molecule has 0 aliphatic heterocycles. The minimum absolute atomic E-state index is 0.0586. The third-order valence-electron chi connectivity index (χ3n) is 3.73. The summed E-state index contributed by atoms with van der Waals surface area (Å²) in [5.74, 6) is 0.971. The summed E-state index contributed by atoms with van der Waals surface area (Å²) in [5, 5.41) is 4.65. The SMILES string of the molecule is O=C(CSc1ncnc2sc(-c3ccccc3)cc12)NCc1ccco1. The fourth-order valence-corrected chi connectivity index (χ4v) is 4.35. The zero-order valence-electron chi connectivity index (χ0n) is 13.7. The van der Waals surface area contributed by atoms with E-state index in [9.17, 15) is 4.79 Å². The third-order valence-corrected chi connectivity index (χ3v) is 5.83. The highest BCUT2D eigenvalue weighted by Crippen LogP contribution is 2.35. The quantitative estimate of drug-likeness (QED) is 0.397.